The topological polar surface area (TPSA) is 35.6 Å². The minimum atomic E-state index is -0.127. The van der Waals surface area contributed by atoms with Gasteiger partial charge in [0.25, 0.3) is 0 Å². The van der Waals surface area contributed by atoms with E-state index >= 15 is 0 Å². The Morgan fingerprint density at radius 3 is 2.36 bits per heavy atom. The summed E-state index contributed by atoms with van der Waals surface area (Å²) < 4.78 is 0. The van der Waals surface area contributed by atoms with E-state index in [-0.39, 0.29) is 11.9 Å². The molecule has 25 heavy (non-hydrogen) atoms. The Morgan fingerprint density at radius 1 is 1.00 bits per heavy atom. The lowest BCUT2D eigenvalue weighted by atomic mass is 10.1. The molecule has 1 unspecified atom stereocenters. The summed E-state index contributed by atoms with van der Waals surface area (Å²) in [5, 5.41) is 3.10. The number of aryl methyl sites for hydroxylation is 2. The first-order valence-electron chi connectivity index (χ1n) is 8.97. The van der Waals surface area contributed by atoms with E-state index in [1.165, 1.54) is 5.69 Å². The first-order valence-corrected chi connectivity index (χ1v) is 8.97. The summed E-state index contributed by atoms with van der Waals surface area (Å²) in [5.74, 6) is 0.0712. The highest BCUT2D eigenvalue weighted by Crippen LogP contribution is 2.19. The molecule has 3 rings (SSSR count). The molecule has 1 N–H and O–H groups in total. The van der Waals surface area contributed by atoms with Crippen LogP contribution in [0.4, 0.5) is 11.4 Å². The molecule has 0 bridgehead atoms. The molecule has 2 aromatic rings. The quantitative estimate of drug-likeness (QED) is 0.928. The highest BCUT2D eigenvalue weighted by atomic mass is 16.2. The second-order valence-electron chi connectivity index (χ2n) is 6.84. The highest BCUT2D eigenvalue weighted by Gasteiger charge is 2.25. The predicted molar refractivity (Wildman–Crippen MR) is 104 cm³/mol. The largest absolute Gasteiger partial charge is 0.369 e. The lowest BCUT2D eigenvalue weighted by molar-refractivity contribution is -0.120. The number of anilines is 2. The first-order chi connectivity index (χ1) is 12.0. The van der Waals surface area contributed by atoms with Gasteiger partial charge in [-0.3, -0.25) is 9.69 Å². The molecule has 0 spiro atoms. The van der Waals surface area contributed by atoms with Crippen LogP contribution in [0.5, 0.6) is 0 Å². The van der Waals surface area contributed by atoms with Crippen molar-refractivity contribution >= 4 is 17.3 Å². The third-order valence-corrected chi connectivity index (χ3v) is 5.01. The summed E-state index contributed by atoms with van der Waals surface area (Å²) in [5.41, 5.74) is 4.43. The zero-order valence-corrected chi connectivity index (χ0v) is 15.3. The van der Waals surface area contributed by atoms with Gasteiger partial charge in [-0.05, 0) is 50.1 Å². The fraction of sp³-hybridized carbons (Fsp3) is 0.381. The molecular weight excluding hydrogens is 310 g/mol. The number of carbonyl (C=O) groups is 1. The maximum absolute atomic E-state index is 12.7. The van der Waals surface area contributed by atoms with E-state index in [1.807, 2.05) is 39.0 Å². The van der Waals surface area contributed by atoms with E-state index in [4.69, 9.17) is 0 Å². The molecule has 4 heteroatoms. The van der Waals surface area contributed by atoms with Gasteiger partial charge in [-0.15, -0.1) is 0 Å². The number of nitrogens with one attached hydrogen (secondary N) is 1. The Morgan fingerprint density at radius 2 is 1.68 bits per heavy atom. The van der Waals surface area contributed by atoms with E-state index in [0.29, 0.717) is 0 Å². The van der Waals surface area contributed by atoms with E-state index in [1.54, 1.807) is 0 Å². The monoisotopic (exact) mass is 337 g/mol. The van der Waals surface area contributed by atoms with Crippen LogP contribution in [0.1, 0.15) is 18.1 Å². The third kappa shape index (κ3) is 4.20. The molecule has 1 saturated heterocycles. The number of carbonyl (C=O) groups excluding carboxylic acids is 1. The SMILES string of the molecule is Cc1ccc(C)c(NC(=O)C(C)N2CCN(c3ccccc3)CC2)c1. The molecule has 1 amide bonds. The third-order valence-electron chi connectivity index (χ3n) is 5.01. The number of rotatable bonds is 4. The summed E-state index contributed by atoms with van der Waals surface area (Å²) in [6, 6.07) is 16.5. The van der Waals surface area contributed by atoms with Crippen molar-refractivity contribution in [3.8, 4) is 0 Å². The zero-order valence-electron chi connectivity index (χ0n) is 15.3. The fourth-order valence-corrected chi connectivity index (χ4v) is 3.28. The van der Waals surface area contributed by atoms with Crippen LogP contribution in [-0.2, 0) is 4.79 Å². The van der Waals surface area contributed by atoms with Gasteiger partial charge in [0, 0.05) is 37.6 Å². The first kappa shape index (κ1) is 17.5. The minimum absolute atomic E-state index is 0.0712. The van der Waals surface area contributed by atoms with E-state index in [2.05, 4.69) is 45.4 Å². The maximum atomic E-state index is 12.7. The van der Waals surface area contributed by atoms with Crippen molar-refractivity contribution in [2.75, 3.05) is 36.4 Å². The van der Waals surface area contributed by atoms with Crippen LogP contribution in [0, 0.1) is 13.8 Å². The standard InChI is InChI=1S/C21H27N3O/c1-16-9-10-17(2)20(15-16)22-21(25)18(3)23-11-13-24(14-12-23)19-7-5-4-6-8-19/h4-10,15,18H,11-14H2,1-3H3,(H,22,25). The Hall–Kier alpha value is -2.33. The molecule has 2 aromatic carbocycles. The Balaban J connectivity index is 1.57. The second-order valence-corrected chi connectivity index (χ2v) is 6.84. The van der Waals surface area contributed by atoms with Crippen molar-refractivity contribution in [3.63, 3.8) is 0 Å². The molecule has 1 fully saturated rings. The van der Waals surface area contributed by atoms with Gasteiger partial charge in [0.1, 0.15) is 0 Å². The lowest BCUT2D eigenvalue weighted by Gasteiger charge is -2.38. The molecule has 1 atom stereocenters. The Bertz CT molecular complexity index is 721. The molecule has 0 saturated carbocycles. The zero-order chi connectivity index (χ0) is 17.8. The smallest absolute Gasteiger partial charge is 0.241 e. The van der Waals surface area contributed by atoms with Gasteiger partial charge in [-0.25, -0.2) is 0 Å². The molecule has 4 nitrogen and oxygen atoms in total. The fourth-order valence-electron chi connectivity index (χ4n) is 3.28. The summed E-state index contributed by atoms with van der Waals surface area (Å²) >= 11 is 0. The number of hydrogen-bond donors (Lipinski definition) is 1. The van der Waals surface area contributed by atoms with Crippen molar-refractivity contribution < 1.29 is 4.79 Å². The number of nitrogens with zero attached hydrogens (tertiary/aromatic N) is 2. The van der Waals surface area contributed by atoms with Crippen LogP contribution < -0.4 is 10.2 Å². The molecule has 0 radical (unpaired) electrons. The molecule has 1 heterocycles. The van der Waals surface area contributed by atoms with Crippen LogP contribution in [-0.4, -0.2) is 43.0 Å². The van der Waals surface area contributed by atoms with Crippen molar-refractivity contribution in [2.45, 2.75) is 26.8 Å². The van der Waals surface area contributed by atoms with Crippen LogP contribution >= 0.6 is 0 Å². The van der Waals surface area contributed by atoms with Gasteiger partial charge in [0.05, 0.1) is 6.04 Å². The number of para-hydroxylation sites is 1. The van der Waals surface area contributed by atoms with E-state index in [9.17, 15) is 4.79 Å². The van der Waals surface area contributed by atoms with Crippen LogP contribution in [0.3, 0.4) is 0 Å². The summed E-state index contributed by atoms with van der Waals surface area (Å²) in [4.78, 5) is 17.3. The van der Waals surface area contributed by atoms with Gasteiger partial charge >= 0.3 is 0 Å². The number of amides is 1. The minimum Gasteiger partial charge on any atom is -0.369 e. The molecule has 132 valence electrons. The van der Waals surface area contributed by atoms with Gasteiger partial charge in [-0.1, -0.05) is 30.3 Å². The van der Waals surface area contributed by atoms with Gasteiger partial charge in [-0.2, -0.15) is 0 Å². The van der Waals surface area contributed by atoms with Gasteiger partial charge in [0.15, 0.2) is 0 Å². The second kappa shape index (κ2) is 7.70. The van der Waals surface area contributed by atoms with Crippen LogP contribution in [0.2, 0.25) is 0 Å². The normalized spacial score (nSPS) is 16.5. The van der Waals surface area contributed by atoms with Gasteiger partial charge in [0.2, 0.25) is 5.91 Å². The van der Waals surface area contributed by atoms with Crippen molar-refractivity contribution in [3.05, 3.63) is 59.7 Å². The van der Waals surface area contributed by atoms with E-state index < -0.39 is 0 Å². The lowest BCUT2D eigenvalue weighted by Crippen LogP contribution is -2.52. The maximum Gasteiger partial charge on any atom is 0.241 e. The average Bonchev–Trinajstić information content (AvgIpc) is 2.65. The number of benzene rings is 2. The van der Waals surface area contributed by atoms with E-state index in [0.717, 1.165) is 43.0 Å². The summed E-state index contributed by atoms with van der Waals surface area (Å²) in [6.45, 7) is 9.76. The number of hydrogen-bond acceptors (Lipinski definition) is 3. The summed E-state index contributed by atoms with van der Waals surface area (Å²) in [6.07, 6.45) is 0. The summed E-state index contributed by atoms with van der Waals surface area (Å²) in [7, 11) is 0. The van der Waals surface area contributed by atoms with Crippen LogP contribution in [0.15, 0.2) is 48.5 Å². The highest BCUT2D eigenvalue weighted by molar-refractivity contribution is 5.95. The van der Waals surface area contributed by atoms with Gasteiger partial charge < -0.3 is 10.2 Å². The molecule has 1 aliphatic rings. The molecule has 1 aliphatic heterocycles. The molecular formula is C21H27N3O. The number of piperazine rings is 1. The van der Waals surface area contributed by atoms with Crippen molar-refractivity contribution in [1.82, 2.24) is 4.90 Å². The average molecular weight is 337 g/mol. The molecule has 0 aliphatic carbocycles. The van der Waals surface area contributed by atoms with Crippen LogP contribution in [0.25, 0.3) is 0 Å². The molecule has 0 aromatic heterocycles. The predicted octanol–water partition coefficient (Wildman–Crippen LogP) is 3.45. The van der Waals surface area contributed by atoms with Crippen molar-refractivity contribution in [2.24, 2.45) is 0 Å². The van der Waals surface area contributed by atoms with Crippen molar-refractivity contribution in [1.29, 1.82) is 0 Å². The Labute approximate surface area is 150 Å². The Kier molecular flexibility index (Phi) is 5.39.